The van der Waals surface area contributed by atoms with Gasteiger partial charge >= 0.3 is 0 Å². The number of carbonyl (C=O) groups is 2. The minimum atomic E-state index is 0.0289. The average molecular weight is 211 g/mol. The Kier molecular flexibility index (Phi) is 3.20. The van der Waals surface area contributed by atoms with Gasteiger partial charge in [0.15, 0.2) is 0 Å². The number of amides is 2. The summed E-state index contributed by atoms with van der Waals surface area (Å²) in [7, 11) is 0. The molecule has 0 aromatic carbocycles. The summed E-state index contributed by atoms with van der Waals surface area (Å²) >= 11 is 0. The minimum absolute atomic E-state index is 0.0289. The lowest BCUT2D eigenvalue weighted by atomic mass is 10.2. The smallest absolute Gasteiger partial charge is 0.233 e. The molecule has 3 N–H and O–H groups in total. The molecule has 5 heteroatoms. The van der Waals surface area contributed by atoms with Crippen molar-refractivity contribution in [3.8, 4) is 0 Å². The van der Waals surface area contributed by atoms with Crippen LogP contribution in [0.4, 0.5) is 0 Å². The fourth-order valence-electron chi connectivity index (χ4n) is 1.63. The van der Waals surface area contributed by atoms with Crippen molar-refractivity contribution in [2.24, 2.45) is 5.92 Å². The van der Waals surface area contributed by atoms with E-state index in [-0.39, 0.29) is 17.9 Å². The molecule has 0 aromatic heterocycles. The molecule has 2 rings (SSSR count). The van der Waals surface area contributed by atoms with Crippen LogP contribution in [0.5, 0.6) is 0 Å². The number of nitrogens with one attached hydrogen (secondary N) is 3. The molecule has 2 aliphatic rings. The van der Waals surface area contributed by atoms with Crippen LogP contribution >= 0.6 is 0 Å². The lowest BCUT2D eigenvalue weighted by molar-refractivity contribution is -0.121. The summed E-state index contributed by atoms with van der Waals surface area (Å²) < 4.78 is 0. The molecule has 15 heavy (non-hydrogen) atoms. The molecule has 0 spiro atoms. The first-order valence-electron chi connectivity index (χ1n) is 5.51. The standard InChI is InChI=1S/C10H17N3O2/c14-9-3-8(5-13-9)11-6-10(15)12-4-7-1-2-7/h7-8,11H,1-6H2,(H,12,15)(H,13,14). The molecule has 1 unspecified atom stereocenters. The highest BCUT2D eigenvalue weighted by atomic mass is 16.2. The number of hydrogen-bond donors (Lipinski definition) is 3. The van der Waals surface area contributed by atoms with Crippen molar-refractivity contribution in [2.45, 2.75) is 25.3 Å². The SMILES string of the molecule is O=C(CNC1CNC(=O)C1)NCC1CC1. The Balaban J connectivity index is 1.55. The molecule has 1 aliphatic heterocycles. The van der Waals surface area contributed by atoms with Gasteiger partial charge in [-0.25, -0.2) is 0 Å². The van der Waals surface area contributed by atoms with Gasteiger partial charge in [0.25, 0.3) is 0 Å². The van der Waals surface area contributed by atoms with Gasteiger partial charge in [-0.1, -0.05) is 0 Å². The predicted molar refractivity (Wildman–Crippen MR) is 55.2 cm³/mol. The van der Waals surface area contributed by atoms with E-state index in [2.05, 4.69) is 16.0 Å². The maximum Gasteiger partial charge on any atom is 0.233 e. The van der Waals surface area contributed by atoms with Crippen molar-refractivity contribution >= 4 is 11.8 Å². The molecule has 1 heterocycles. The topological polar surface area (TPSA) is 70.2 Å². The van der Waals surface area contributed by atoms with Gasteiger partial charge < -0.3 is 16.0 Å². The first kappa shape index (κ1) is 10.4. The number of rotatable bonds is 5. The van der Waals surface area contributed by atoms with Gasteiger partial charge in [-0.3, -0.25) is 9.59 Å². The van der Waals surface area contributed by atoms with Crippen molar-refractivity contribution in [2.75, 3.05) is 19.6 Å². The fourth-order valence-corrected chi connectivity index (χ4v) is 1.63. The van der Waals surface area contributed by atoms with Gasteiger partial charge in [0, 0.05) is 25.6 Å². The van der Waals surface area contributed by atoms with Crippen LogP contribution in [0, 0.1) is 5.92 Å². The van der Waals surface area contributed by atoms with Gasteiger partial charge in [-0.15, -0.1) is 0 Å². The summed E-state index contributed by atoms with van der Waals surface area (Å²) in [6.45, 7) is 1.75. The Morgan fingerprint density at radius 1 is 1.47 bits per heavy atom. The van der Waals surface area contributed by atoms with E-state index in [0.717, 1.165) is 6.54 Å². The molecular weight excluding hydrogens is 194 g/mol. The summed E-state index contributed by atoms with van der Waals surface area (Å²) in [4.78, 5) is 22.2. The molecule has 1 saturated heterocycles. The highest BCUT2D eigenvalue weighted by molar-refractivity contribution is 5.80. The molecule has 5 nitrogen and oxygen atoms in total. The largest absolute Gasteiger partial charge is 0.355 e. The van der Waals surface area contributed by atoms with Gasteiger partial charge in [0.1, 0.15) is 0 Å². The molecule has 1 aliphatic carbocycles. The van der Waals surface area contributed by atoms with E-state index in [1.165, 1.54) is 12.8 Å². The van der Waals surface area contributed by atoms with Crippen LogP contribution in [-0.4, -0.2) is 37.5 Å². The van der Waals surface area contributed by atoms with Crippen LogP contribution in [0.15, 0.2) is 0 Å². The molecule has 1 saturated carbocycles. The highest BCUT2D eigenvalue weighted by Gasteiger charge is 2.23. The first-order valence-corrected chi connectivity index (χ1v) is 5.51. The minimum Gasteiger partial charge on any atom is -0.355 e. The third kappa shape index (κ3) is 3.51. The fraction of sp³-hybridized carbons (Fsp3) is 0.800. The second kappa shape index (κ2) is 4.61. The summed E-state index contributed by atoms with van der Waals surface area (Å²) in [5, 5.41) is 8.65. The average Bonchev–Trinajstić information content (AvgIpc) is 2.95. The van der Waals surface area contributed by atoms with Gasteiger partial charge in [0.2, 0.25) is 11.8 Å². The third-order valence-electron chi connectivity index (χ3n) is 2.81. The van der Waals surface area contributed by atoms with E-state index < -0.39 is 0 Å². The molecular formula is C10H17N3O2. The Labute approximate surface area is 89.0 Å². The van der Waals surface area contributed by atoms with E-state index >= 15 is 0 Å². The lowest BCUT2D eigenvalue weighted by Gasteiger charge is -2.09. The van der Waals surface area contributed by atoms with Crippen molar-refractivity contribution in [1.29, 1.82) is 0 Å². The van der Waals surface area contributed by atoms with Crippen molar-refractivity contribution in [1.82, 2.24) is 16.0 Å². The van der Waals surface area contributed by atoms with E-state index in [4.69, 9.17) is 0 Å². The monoisotopic (exact) mass is 211 g/mol. The van der Waals surface area contributed by atoms with Gasteiger partial charge in [-0.05, 0) is 18.8 Å². The maximum atomic E-state index is 11.3. The van der Waals surface area contributed by atoms with Crippen LogP contribution in [0.3, 0.4) is 0 Å². The Bertz CT molecular complexity index is 263. The molecule has 1 atom stereocenters. The lowest BCUT2D eigenvalue weighted by Crippen LogP contribution is -2.40. The normalized spacial score (nSPS) is 25.1. The molecule has 84 valence electrons. The maximum absolute atomic E-state index is 11.3. The molecule has 2 fully saturated rings. The van der Waals surface area contributed by atoms with Crippen molar-refractivity contribution in [3.05, 3.63) is 0 Å². The zero-order valence-corrected chi connectivity index (χ0v) is 8.71. The van der Waals surface area contributed by atoms with Crippen molar-refractivity contribution < 1.29 is 9.59 Å². The number of carbonyl (C=O) groups excluding carboxylic acids is 2. The Morgan fingerprint density at radius 3 is 2.87 bits per heavy atom. The van der Waals surface area contributed by atoms with Crippen LogP contribution in [0.1, 0.15) is 19.3 Å². The van der Waals surface area contributed by atoms with Crippen molar-refractivity contribution in [3.63, 3.8) is 0 Å². The second-order valence-electron chi connectivity index (χ2n) is 4.33. The van der Waals surface area contributed by atoms with E-state index in [1.807, 2.05) is 0 Å². The van der Waals surface area contributed by atoms with Gasteiger partial charge in [-0.2, -0.15) is 0 Å². The van der Waals surface area contributed by atoms with Crippen LogP contribution in [0.25, 0.3) is 0 Å². The van der Waals surface area contributed by atoms with Crippen LogP contribution in [-0.2, 0) is 9.59 Å². The van der Waals surface area contributed by atoms with E-state index in [0.29, 0.717) is 25.4 Å². The number of hydrogen-bond acceptors (Lipinski definition) is 3. The summed E-state index contributed by atoms with van der Waals surface area (Å²) in [5.74, 6) is 0.802. The van der Waals surface area contributed by atoms with Gasteiger partial charge in [0.05, 0.1) is 6.54 Å². The Morgan fingerprint density at radius 2 is 2.27 bits per heavy atom. The molecule has 0 radical (unpaired) electrons. The quantitative estimate of drug-likeness (QED) is 0.546. The highest BCUT2D eigenvalue weighted by Crippen LogP contribution is 2.27. The van der Waals surface area contributed by atoms with Crippen LogP contribution < -0.4 is 16.0 Å². The molecule has 0 bridgehead atoms. The zero-order chi connectivity index (χ0) is 10.7. The first-order chi connectivity index (χ1) is 7.24. The molecule has 0 aromatic rings. The summed E-state index contributed by atoms with van der Waals surface area (Å²) in [5.41, 5.74) is 0. The summed E-state index contributed by atoms with van der Waals surface area (Å²) in [6.07, 6.45) is 2.97. The molecule has 2 amide bonds. The second-order valence-corrected chi connectivity index (χ2v) is 4.33. The summed E-state index contributed by atoms with van der Waals surface area (Å²) in [6, 6.07) is 0.115. The van der Waals surface area contributed by atoms with Crippen LogP contribution in [0.2, 0.25) is 0 Å². The Hall–Kier alpha value is -1.10. The van der Waals surface area contributed by atoms with E-state index in [1.54, 1.807) is 0 Å². The van der Waals surface area contributed by atoms with E-state index in [9.17, 15) is 9.59 Å². The third-order valence-corrected chi connectivity index (χ3v) is 2.81. The zero-order valence-electron chi connectivity index (χ0n) is 8.71. The predicted octanol–water partition coefficient (Wildman–Crippen LogP) is -1.01.